The number of nitrogens with one attached hydrogen (secondary N) is 2. The predicted octanol–water partition coefficient (Wildman–Crippen LogP) is 3.48. The normalized spacial score (nSPS) is 14.8. The molecule has 0 unspecified atom stereocenters. The molecule has 1 aliphatic heterocycles. The highest BCUT2D eigenvalue weighted by atomic mass is 35.5. The van der Waals surface area contributed by atoms with Crippen LogP contribution >= 0.6 is 11.6 Å². The van der Waals surface area contributed by atoms with E-state index in [1.165, 1.54) is 4.90 Å². The third kappa shape index (κ3) is 4.03. The van der Waals surface area contributed by atoms with E-state index in [4.69, 9.17) is 16.3 Å². The summed E-state index contributed by atoms with van der Waals surface area (Å²) >= 11 is 6.07. The number of nitrogens with zero attached hydrogens (tertiary/aromatic N) is 1. The van der Waals surface area contributed by atoms with Crippen molar-refractivity contribution in [2.45, 2.75) is 13.0 Å². The van der Waals surface area contributed by atoms with Gasteiger partial charge in [-0.1, -0.05) is 23.7 Å². The Hall–Kier alpha value is -2.73. The number of hydrogen-bond acceptors (Lipinski definition) is 4. The van der Waals surface area contributed by atoms with Crippen LogP contribution in [0.25, 0.3) is 0 Å². The van der Waals surface area contributed by atoms with E-state index in [0.29, 0.717) is 29.6 Å². The Morgan fingerprint density at radius 3 is 2.60 bits per heavy atom. The van der Waals surface area contributed by atoms with Gasteiger partial charge in [0.2, 0.25) is 0 Å². The van der Waals surface area contributed by atoms with Crippen molar-refractivity contribution in [1.82, 2.24) is 10.2 Å². The molecule has 3 amide bonds. The van der Waals surface area contributed by atoms with Crippen LogP contribution < -0.4 is 15.4 Å². The first kappa shape index (κ1) is 17.1. The molecule has 130 valence electrons. The third-order valence-electron chi connectivity index (χ3n) is 3.80. The number of benzene rings is 2. The van der Waals surface area contributed by atoms with Gasteiger partial charge in [0.05, 0.1) is 5.02 Å². The van der Waals surface area contributed by atoms with Crippen LogP contribution in [0.2, 0.25) is 5.02 Å². The molecular weight excluding hydrogens is 342 g/mol. The first-order valence-electron chi connectivity index (χ1n) is 7.93. The molecule has 3 rings (SSSR count). The Morgan fingerprint density at radius 2 is 1.96 bits per heavy atom. The minimum absolute atomic E-state index is 0.258. The first-order valence-corrected chi connectivity index (χ1v) is 8.30. The molecule has 0 aliphatic carbocycles. The number of halogens is 1. The third-order valence-corrected chi connectivity index (χ3v) is 4.11. The van der Waals surface area contributed by atoms with Crippen molar-refractivity contribution in [3.63, 3.8) is 0 Å². The Balaban J connectivity index is 1.61. The van der Waals surface area contributed by atoms with Crippen molar-refractivity contribution in [1.29, 1.82) is 0 Å². The quantitative estimate of drug-likeness (QED) is 0.857. The van der Waals surface area contributed by atoms with Crippen LogP contribution in [0.5, 0.6) is 11.5 Å². The summed E-state index contributed by atoms with van der Waals surface area (Å²) in [5.74, 6) is 0.955. The molecule has 2 aromatic rings. The first-order chi connectivity index (χ1) is 12.0. The molecule has 0 spiro atoms. The summed E-state index contributed by atoms with van der Waals surface area (Å²) in [5, 5.41) is 6.24. The summed E-state index contributed by atoms with van der Waals surface area (Å²) in [6.07, 6.45) is 0. The maximum Gasteiger partial charge on any atom is 0.324 e. The summed E-state index contributed by atoms with van der Waals surface area (Å²) in [6, 6.07) is 13.5. The smallest absolute Gasteiger partial charge is 0.324 e. The maximum absolute atomic E-state index is 12.3. The minimum atomic E-state index is -0.515. The van der Waals surface area contributed by atoms with Crippen molar-refractivity contribution >= 4 is 29.2 Å². The maximum atomic E-state index is 12.3. The highest BCUT2D eigenvalue weighted by Gasteiger charge is 2.29. The van der Waals surface area contributed by atoms with Crippen LogP contribution in [0.3, 0.4) is 0 Å². The molecule has 1 aliphatic rings. The molecule has 2 N–H and O–H groups in total. The van der Waals surface area contributed by atoms with Gasteiger partial charge in [-0.25, -0.2) is 4.79 Å². The molecule has 1 atom stereocenters. The van der Waals surface area contributed by atoms with E-state index in [2.05, 4.69) is 10.6 Å². The number of para-hydroxylation sites is 1. The van der Waals surface area contributed by atoms with Crippen molar-refractivity contribution < 1.29 is 14.3 Å². The van der Waals surface area contributed by atoms with Crippen molar-refractivity contribution in [3.05, 3.63) is 53.6 Å². The lowest BCUT2D eigenvalue weighted by Gasteiger charge is -2.19. The summed E-state index contributed by atoms with van der Waals surface area (Å²) < 4.78 is 5.72. The Morgan fingerprint density at radius 1 is 1.24 bits per heavy atom. The fourth-order valence-corrected chi connectivity index (χ4v) is 2.68. The lowest BCUT2D eigenvalue weighted by atomic mass is 10.2. The molecule has 0 bridgehead atoms. The average molecular weight is 360 g/mol. The molecule has 7 heteroatoms. The summed E-state index contributed by atoms with van der Waals surface area (Å²) in [5.41, 5.74) is 0.756. The molecule has 25 heavy (non-hydrogen) atoms. The number of rotatable bonds is 5. The number of hydrogen-bond donors (Lipinski definition) is 2. The zero-order chi connectivity index (χ0) is 17.8. The van der Waals surface area contributed by atoms with Crippen LogP contribution in [-0.4, -0.2) is 36.0 Å². The van der Waals surface area contributed by atoms with E-state index < -0.39 is 6.04 Å². The zero-order valence-corrected chi connectivity index (χ0v) is 14.4. The van der Waals surface area contributed by atoms with E-state index in [-0.39, 0.29) is 11.9 Å². The van der Waals surface area contributed by atoms with Crippen LogP contribution in [-0.2, 0) is 4.79 Å². The number of imide groups is 1. The average Bonchev–Trinajstić information content (AvgIpc) is 3.04. The summed E-state index contributed by atoms with van der Waals surface area (Å²) in [6.45, 7) is 2.61. The highest BCUT2D eigenvalue weighted by Crippen LogP contribution is 2.29. The Bertz CT molecular complexity index is 779. The second kappa shape index (κ2) is 7.44. The van der Waals surface area contributed by atoms with Crippen LogP contribution in [0.4, 0.5) is 10.5 Å². The van der Waals surface area contributed by atoms with Gasteiger partial charge >= 0.3 is 6.03 Å². The zero-order valence-electron chi connectivity index (χ0n) is 13.7. The monoisotopic (exact) mass is 359 g/mol. The molecule has 1 fully saturated rings. The largest absolute Gasteiger partial charge is 0.456 e. The fourth-order valence-electron chi connectivity index (χ4n) is 2.50. The summed E-state index contributed by atoms with van der Waals surface area (Å²) in [7, 11) is 0. The number of anilines is 1. The van der Waals surface area contributed by atoms with Gasteiger partial charge in [0.1, 0.15) is 17.5 Å². The molecule has 1 heterocycles. The van der Waals surface area contributed by atoms with Gasteiger partial charge in [-0.3, -0.25) is 9.69 Å². The molecular formula is C18H18ClN3O3. The summed E-state index contributed by atoms with van der Waals surface area (Å²) in [4.78, 5) is 25.0. The second-order valence-electron chi connectivity index (χ2n) is 5.64. The van der Waals surface area contributed by atoms with Crippen molar-refractivity contribution in [2.75, 3.05) is 18.4 Å². The van der Waals surface area contributed by atoms with Gasteiger partial charge in [0.25, 0.3) is 5.91 Å². The Kier molecular flexibility index (Phi) is 5.09. The molecule has 2 aromatic carbocycles. The van der Waals surface area contributed by atoms with E-state index in [1.807, 2.05) is 12.1 Å². The van der Waals surface area contributed by atoms with E-state index >= 15 is 0 Å². The van der Waals surface area contributed by atoms with Gasteiger partial charge in [-0.15, -0.1) is 0 Å². The van der Waals surface area contributed by atoms with Gasteiger partial charge < -0.3 is 15.4 Å². The lowest BCUT2D eigenvalue weighted by molar-refractivity contribution is -0.128. The van der Waals surface area contributed by atoms with Gasteiger partial charge in [-0.2, -0.15) is 0 Å². The second-order valence-corrected chi connectivity index (χ2v) is 6.05. The highest BCUT2D eigenvalue weighted by molar-refractivity contribution is 6.32. The number of carbonyl (C=O) groups excluding carboxylic acids is 2. The molecule has 0 radical (unpaired) electrons. The van der Waals surface area contributed by atoms with Crippen LogP contribution in [0, 0.1) is 0 Å². The SMILES string of the molecule is C[C@H](Nc1ccc(Oc2ccccc2Cl)cc1)C(=O)N1CCNC1=O. The molecule has 0 saturated carbocycles. The molecule has 1 saturated heterocycles. The van der Waals surface area contributed by atoms with E-state index in [0.717, 1.165) is 5.69 Å². The van der Waals surface area contributed by atoms with Crippen molar-refractivity contribution in [3.8, 4) is 11.5 Å². The number of urea groups is 1. The minimum Gasteiger partial charge on any atom is -0.456 e. The molecule has 6 nitrogen and oxygen atoms in total. The van der Waals surface area contributed by atoms with Gasteiger partial charge in [0.15, 0.2) is 0 Å². The molecule has 0 aromatic heterocycles. The van der Waals surface area contributed by atoms with Gasteiger partial charge in [0, 0.05) is 18.8 Å². The topological polar surface area (TPSA) is 70.7 Å². The van der Waals surface area contributed by atoms with E-state index in [1.54, 1.807) is 43.3 Å². The number of carbonyl (C=O) groups is 2. The van der Waals surface area contributed by atoms with Crippen LogP contribution in [0.15, 0.2) is 48.5 Å². The fraction of sp³-hybridized carbons (Fsp3) is 0.222. The van der Waals surface area contributed by atoms with E-state index in [9.17, 15) is 9.59 Å². The van der Waals surface area contributed by atoms with Crippen molar-refractivity contribution in [2.24, 2.45) is 0 Å². The number of amides is 3. The van der Waals surface area contributed by atoms with Gasteiger partial charge in [-0.05, 0) is 43.3 Å². The predicted molar refractivity (Wildman–Crippen MR) is 96.2 cm³/mol. The lowest BCUT2D eigenvalue weighted by Crippen LogP contribution is -2.43. The Labute approximate surface area is 150 Å². The number of ether oxygens (including phenoxy) is 1. The van der Waals surface area contributed by atoms with Crippen LogP contribution in [0.1, 0.15) is 6.92 Å². The standard InChI is InChI=1S/C18H18ClN3O3/c1-12(17(23)22-11-10-20-18(22)24)21-13-6-8-14(9-7-13)25-16-5-3-2-4-15(16)19/h2-9,12,21H,10-11H2,1H3,(H,20,24)/t12-/m0/s1.